The molecule has 0 bridgehead atoms. The smallest absolute Gasteiger partial charge is 0.201 e. The topological polar surface area (TPSA) is 21.3 Å². The van der Waals surface area contributed by atoms with Crippen LogP contribution < -0.4 is 10.1 Å². The number of nitrogens with one attached hydrogen (secondary N) is 1. The van der Waals surface area contributed by atoms with Crippen molar-refractivity contribution in [2.75, 3.05) is 7.05 Å². The van der Waals surface area contributed by atoms with Crippen LogP contribution in [0.15, 0.2) is 40.9 Å². The molecule has 0 aliphatic heterocycles. The summed E-state index contributed by atoms with van der Waals surface area (Å²) < 4.78 is 33.3. The number of benzene rings is 2. The van der Waals surface area contributed by atoms with E-state index in [1.807, 2.05) is 26.1 Å². The predicted octanol–water partition coefficient (Wildman–Crippen LogP) is 5.19. The Hall–Kier alpha value is -1.46. The molecular weight excluding hydrogens is 340 g/mol. The summed E-state index contributed by atoms with van der Waals surface area (Å²) in [5.74, 6) is -1.57. The molecule has 0 saturated heterocycles. The average Bonchev–Trinajstić information content (AvgIpc) is 2.47. The van der Waals surface area contributed by atoms with Crippen molar-refractivity contribution in [3.05, 3.63) is 58.1 Å². The first kappa shape index (κ1) is 15.9. The second-order valence-corrected chi connectivity index (χ2v) is 5.50. The van der Waals surface area contributed by atoms with E-state index in [1.165, 1.54) is 6.07 Å². The van der Waals surface area contributed by atoms with Crippen LogP contribution in [0.3, 0.4) is 0 Å². The van der Waals surface area contributed by atoms with Crippen LogP contribution in [0.1, 0.15) is 24.9 Å². The van der Waals surface area contributed by atoms with Crippen LogP contribution in [-0.2, 0) is 0 Å². The Morgan fingerprint density at radius 2 is 1.90 bits per heavy atom. The number of para-hydroxylation sites is 1. The molecule has 2 aromatic rings. The lowest BCUT2D eigenvalue weighted by Gasteiger charge is -2.19. The van der Waals surface area contributed by atoms with Crippen molar-refractivity contribution in [2.24, 2.45) is 0 Å². The molecule has 0 saturated carbocycles. The molecule has 5 heteroatoms. The Morgan fingerprint density at radius 3 is 2.57 bits per heavy atom. The van der Waals surface area contributed by atoms with Gasteiger partial charge in [0.2, 0.25) is 5.82 Å². The molecule has 1 atom stereocenters. The maximum Gasteiger partial charge on any atom is 0.201 e. The quantitative estimate of drug-likeness (QED) is 0.745. The molecule has 0 aromatic heterocycles. The summed E-state index contributed by atoms with van der Waals surface area (Å²) in [5, 5.41) is 3.17. The fraction of sp³-hybridized carbons (Fsp3) is 0.250. The van der Waals surface area contributed by atoms with Gasteiger partial charge in [-0.25, -0.2) is 4.39 Å². The van der Waals surface area contributed by atoms with Gasteiger partial charge in [0.15, 0.2) is 11.6 Å². The van der Waals surface area contributed by atoms with Crippen LogP contribution in [0, 0.1) is 11.6 Å². The van der Waals surface area contributed by atoms with Crippen LogP contribution in [0.25, 0.3) is 0 Å². The highest BCUT2D eigenvalue weighted by molar-refractivity contribution is 9.10. The largest absolute Gasteiger partial charge is 0.454 e. The molecular formula is C16H16BrF2NO. The maximum absolute atomic E-state index is 13.8. The third-order valence-electron chi connectivity index (χ3n) is 3.23. The first-order valence-corrected chi connectivity index (χ1v) is 7.44. The summed E-state index contributed by atoms with van der Waals surface area (Å²) in [6.07, 6.45) is 0.853. The van der Waals surface area contributed by atoms with Crippen molar-refractivity contribution in [1.82, 2.24) is 5.32 Å². The summed E-state index contributed by atoms with van der Waals surface area (Å²) >= 11 is 3.14. The van der Waals surface area contributed by atoms with Crippen LogP contribution in [0.4, 0.5) is 8.78 Å². The molecule has 0 aliphatic carbocycles. The number of rotatable bonds is 5. The highest BCUT2D eigenvalue weighted by Crippen LogP contribution is 2.34. The fourth-order valence-corrected chi connectivity index (χ4v) is 2.57. The third-order valence-corrected chi connectivity index (χ3v) is 3.69. The van der Waals surface area contributed by atoms with Crippen LogP contribution in [-0.4, -0.2) is 7.05 Å². The number of hydrogen-bond acceptors (Lipinski definition) is 2. The Bertz CT molecular complexity index is 630. The lowest BCUT2D eigenvalue weighted by atomic mass is 10.0. The van der Waals surface area contributed by atoms with Crippen molar-refractivity contribution < 1.29 is 13.5 Å². The second kappa shape index (κ2) is 7.00. The molecule has 2 rings (SSSR count). The van der Waals surface area contributed by atoms with Gasteiger partial charge >= 0.3 is 0 Å². The average molecular weight is 356 g/mol. The van der Waals surface area contributed by atoms with E-state index in [0.29, 0.717) is 10.2 Å². The van der Waals surface area contributed by atoms with E-state index in [9.17, 15) is 8.78 Å². The number of ether oxygens (including phenoxy) is 1. The predicted molar refractivity (Wildman–Crippen MR) is 82.7 cm³/mol. The standard InChI is InChI=1S/C16H16BrF2NO/c1-3-13(20-2)11-6-4-5-7-14(11)21-15-9-10(17)8-12(18)16(15)19/h4-9,13,20H,3H2,1-2H3. The van der Waals surface area contributed by atoms with Crippen molar-refractivity contribution in [1.29, 1.82) is 0 Å². The Labute approximate surface area is 131 Å². The highest BCUT2D eigenvalue weighted by Gasteiger charge is 2.16. The van der Waals surface area contributed by atoms with Crippen molar-refractivity contribution >= 4 is 15.9 Å². The molecule has 0 spiro atoms. The van der Waals surface area contributed by atoms with E-state index in [0.717, 1.165) is 18.1 Å². The molecule has 0 fully saturated rings. The first-order chi connectivity index (χ1) is 10.1. The van der Waals surface area contributed by atoms with Gasteiger partial charge in [-0.05, 0) is 31.7 Å². The lowest BCUT2D eigenvalue weighted by Crippen LogP contribution is -2.16. The van der Waals surface area contributed by atoms with Gasteiger partial charge in [0, 0.05) is 16.1 Å². The molecule has 2 nitrogen and oxygen atoms in total. The minimum absolute atomic E-state index is 0.0845. The van der Waals surface area contributed by atoms with E-state index in [-0.39, 0.29) is 11.8 Å². The van der Waals surface area contributed by atoms with Gasteiger partial charge in [-0.2, -0.15) is 4.39 Å². The van der Waals surface area contributed by atoms with Crippen molar-refractivity contribution in [3.8, 4) is 11.5 Å². The van der Waals surface area contributed by atoms with Gasteiger partial charge in [0.25, 0.3) is 0 Å². The summed E-state index contributed by atoms with van der Waals surface area (Å²) in [4.78, 5) is 0. The highest BCUT2D eigenvalue weighted by atomic mass is 79.9. The number of halogens is 3. The molecule has 0 radical (unpaired) electrons. The van der Waals surface area contributed by atoms with E-state index < -0.39 is 11.6 Å². The van der Waals surface area contributed by atoms with E-state index in [1.54, 1.807) is 12.1 Å². The van der Waals surface area contributed by atoms with Gasteiger partial charge in [-0.3, -0.25) is 0 Å². The summed E-state index contributed by atoms with van der Waals surface area (Å²) in [5.41, 5.74) is 0.905. The normalized spacial score (nSPS) is 12.2. The summed E-state index contributed by atoms with van der Waals surface area (Å²) in [7, 11) is 1.85. The molecule has 0 heterocycles. The van der Waals surface area contributed by atoms with Gasteiger partial charge in [-0.1, -0.05) is 41.1 Å². The molecule has 0 amide bonds. The van der Waals surface area contributed by atoms with Gasteiger partial charge < -0.3 is 10.1 Å². The third kappa shape index (κ3) is 3.60. The maximum atomic E-state index is 13.8. The van der Waals surface area contributed by atoms with Crippen LogP contribution in [0.2, 0.25) is 0 Å². The zero-order valence-electron chi connectivity index (χ0n) is 11.8. The molecule has 21 heavy (non-hydrogen) atoms. The summed E-state index contributed by atoms with van der Waals surface area (Å²) in [6.45, 7) is 2.04. The molecule has 1 unspecified atom stereocenters. The van der Waals surface area contributed by atoms with Crippen LogP contribution >= 0.6 is 15.9 Å². The minimum Gasteiger partial charge on any atom is -0.454 e. The Balaban J connectivity index is 2.41. The fourth-order valence-electron chi connectivity index (χ4n) is 2.17. The zero-order valence-corrected chi connectivity index (χ0v) is 13.4. The Kier molecular flexibility index (Phi) is 5.31. The minimum atomic E-state index is -0.995. The first-order valence-electron chi connectivity index (χ1n) is 6.65. The van der Waals surface area contributed by atoms with Crippen molar-refractivity contribution in [3.63, 3.8) is 0 Å². The van der Waals surface area contributed by atoms with E-state index >= 15 is 0 Å². The molecule has 1 N–H and O–H groups in total. The summed E-state index contributed by atoms with van der Waals surface area (Å²) in [6, 6.07) is 9.90. The van der Waals surface area contributed by atoms with E-state index in [2.05, 4.69) is 21.2 Å². The molecule has 2 aromatic carbocycles. The zero-order chi connectivity index (χ0) is 15.4. The SMILES string of the molecule is CCC(NC)c1ccccc1Oc1cc(Br)cc(F)c1F. The lowest BCUT2D eigenvalue weighted by molar-refractivity contribution is 0.406. The monoisotopic (exact) mass is 355 g/mol. The van der Waals surface area contributed by atoms with Gasteiger partial charge in [0.1, 0.15) is 5.75 Å². The van der Waals surface area contributed by atoms with Gasteiger partial charge in [0.05, 0.1) is 0 Å². The Morgan fingerprint density at radius 1 is 1.19 bits per heavy atom. The molecule has 0 aliphatic rings. The number of hydrogen-bond donors (Lipinski definition) is 1. The molecule has 112 valence electrons. The van der Waals surface area contributed by atoms with Gasteiger partial charge in [-0.15, -0.1) is 0 Å². The van der Waals surface area contributed by atoms with Crippen molar-refractivity contribution in [2.45, 2.75) is 19.4 Å². The second-order valence-electron chi connectivity index (χ2n) is 4.59. The van der Waals surface area contributed by atoms with E-state index in [4.69, 9.17) is 4.74 Å². The van der Waals surface area contributed by atoms with Crippen LogP contribution in [0.5, 0.6) is 11.5 Å².